The fourth-order valence-corrected chi connectivity index (χ4v) is 4.91. The van der Waals surface area contributed by atoms with Crippen molar-refractivity contribution in [3.63, 3.8) is 0 Å². The minimum Gasteiger partial charge on any atom is -0.726 e. The largest absolute Gasteiger partial charge is 0.726 e. The summed E-state index contributed by atoms with van der Waals surface area (Å²) in [7, 11) is -1.77. The van der Waals surface area contributed by atoms with Crippen molar-refractivity contribution in [2.24, 2.45) is 0 Å². The SMILES string of the molecule is CCCCCCCCCCCCCC[N+]1(C)CCS(=O)CC1.COS(=O)(=O)[O-]. The number of hydrogen-bond donors (Lipinski definition) is 0. The molecular formula is C20H43NO5S2. The molecule has 170 valence electrons. The highest BCUT2D eigenvalue weighted by Gasteiger charge is 2.27. The highest BCUT2D eigenvalue weighted by atomic mass is 32.3. The van der Waals surface area contributed by atoms with E-state index < -0.39 is 21.2 Å². The van der Waals surface area contributed by atoms with Crippen LogP contribution in [0.15, 0.2) is 0 Å². The summed E-state index contributed by atoms with van der Waals surface area (Å²) in [5, 5.41) is 0. The quantitative estimate of drug-likeness (QED) is 0.176. The Hall–Kier alpha value is -0.0200. The van der Waals surface area contributed by atoms with Crippen LogP contribution in [0.5, 0.6) is 0 Å². The van der Waals surface area contributed by atoms with Crippen LogP contribution in [0, 0.1) is 0 Å². The Kier molecular flexibility index (Phi) is 16.7. The molecule has 0 aromatic heterocycles. The zero-order valence-corrected chi connectivity index (χ0v) is 20.0. The first kappa shape index (κ1) is 28.0. The van der Waals surface area contributed by atoms with Crippen LogP contribution in [0.1, 0.15) is 84.0 Å². The third-order valence-electron chi connectivity index (χ3n) is 5.47. The molecule has 0 N–H and O–H groups in total. The smallest absolute Gasteiger partial charge is 0.217 e. The van der Waals surface area contributed by atoms with E-state index in [-0.39, 0.29) is 0 Å². The maximum atomic E-state index is 11.4. The molecule has 1 fully saturated rings. The predicted octanol–water partition coefficient (Wildman–Crippen LogP) is 3.99. The summed E-state index contributed by atoms with van der Waals surface area (Å²) in [4.78, 5) is 0. The van der Waals surface area contributed by atoms with E-state index in [9.17, 15) is 17.2 Å². The van der Waals surface area contributed by atoms with Crippen LogP contribution >= 0.6 is 0 Å². The third-order valence-corrected chi connectivity index (χ3v) is 7.16. The summed E-state index contributed by atoms with van der Waals surface area (Å²) in [6.45, 7) is 5.85. The first-order valence-corrected chi connectivity index (χ1v) is 13.7. The number of unbranched alkanes of at least 4 members (excludes halogenated alkanes) is 11. The van der Waals surface area contributed by atoms with E-state index in [1.54, 1.807) is 0 Å². The van der Waals surface area contributed by atoms with Gasteiger partial charge in [0.15, 0.2) is 0 Å². The van der Waals surface area contributed by atoms with Gasteiger partial charge in [-0.2, -0.15) is 0 Å². The van der Waals surface area contributed by atoms with Crippen molar-refractivity contribution in [2.75, 3.05) is 45.3 Å². The van der Waals surface area contributed by atoms with Crippen LogP contribution in [0.25, 0.3) is 0 Å². The molecule has 6 nitrogen and oxygen atoms in total. The van der Waals surface area contributed by atoms with E-state index in [1.165, 1.54) is 88.1 Å². The highest BCUT2D eigenvalue weighted by Crippen LogP contribution is 2.14. The van der Waals surface area contributed by atoms with Gasteiger partial charge in [-0.3, -0.25) is 8.39 Å². The van der Waals surface area contributed by atoms with E-state index in [0.29, 0.717) is 0 Å². The molecule has 0 saturated carbocycles. The summed E-state index contributed by atoms with van der Waals surface area (Å²) in [5.74, 6) is 1.85. The molecule has 1 aliphatic rings. The molecule has 1 rings (SSSR count). The molecule has 0 atom stereocenters. The molecule has 0 spiro atoms. The highest BCUT2D eigenvalue weighted by molar-refractivity contribution is 7.85. The van der Waals surface area contributed by atoms with Gasteiger partial charge in [-0.05, 0) is 12.8 Å². The van der Waals surface area contributed by atoms with Gasteiger partial charge in [0.2, 0.25) is 10.4 Å². The molecule has 0 aromatic rings. The van der Waals surface area contributed by atoms with Gasteiger partial charge in [-0.15, -0.1) is 0 Å². The average molecular weight is 442 g/mol. The van der Waals surface area contributed by atoms with Crippen molar-refractivity contribution in [3.05, 3.63) is 0 Å². The Bertz CT molecular complexity index is 487. The van der Waals surface area contributed by atoms with Gasteiger partial charge in [-0.25, -0.2) is 8.42 Å². The molecule has 0 radical (unpaired) electrons. The van der Waals surface area contributed by atoms with Crippen LogP contribution in [0.2, 0.25) is 0 Å². The molecule has 0 unspecified atom stereocenters. The standard InChI is InChI=1S/C19H40NOS.CH4O4S/c1-3-4-5-6-7-8-9-10-11-12-13-14-15-20(2)16-18-22(21)19-17-20;1-5-6(2,3)4/h3-19H2,1-2H3;1H3,(H,2,3,4)/q+1;/p-1. The number of hydrogen-bond acceptors (Lipinski definition) is 5. The lowest BCUT2D eigenvalue weighted by Crippen LogP contribution is -2.53. The van der Waals surface area contributed by atoms with E-state index in [2.05, 4.69) is 18.2 Å². The molecule has 0 aliphatic carbocycles. The second kappa shape index (κ2) is 16.7. The maximum absolute atomic E-state index is 11.4. The lowest BCUT2D eigenvalue weighted by Gasteiger charge is -2.37. The van der Waals surface area contributed by atoms with Gasteiger partial charge < -0.3 is 9.04 Å². The van der Waals surface area contributed by atoms with Crippen molar-refractivity contribution in [2.45, 2.75) is 84.0 Å². The Morgan fingerprint density at radius 1 is 0.857 bits per heavy atom. The summed E-state index contributed by atoms with van der Waals surface area (Å²) < 4.78 is 43.6. The summed E-state index contributed by atoms with van der Waals surface area (Å²) in [6.07, 6.45) is 17.1. The maximum Gasteiger partial charge on any atom is 0.217 e. The van der Waals surface area contributed by atoms with E-state index >= 15 is 0 Å². The average Bonchev–Trinajstić information content (AvgIpc) is 2.65. The predicted molar refractivity (Wildman–Crippen MR) is 116 cm³/mol. The topological polar surface area (TPSA) is 83.5 Å². The minimum atomic E-state index is -4.41. The van der Waals surface area contributed by atoms with Crippen molar-refractivity contribution >= 4 is 21.2 Å². The van der Waals surface area contributed by atoms with Crippen LogP contribution < -0.4 is 0 Å². The van der Waals surface area contributed by atoms with Gasteiger partial charge in [0, 0.05) is 10.8 Å². The Morgan fingerprint density at radius 2 is 1.21 bits per heavy atom. The van der Waals surface area contributed by atoms with Crippen molar-refractivity contribution < 1.29 is 25.8 Å². The van der Waals surface area contributed by atoms with Crippen LogP contribution in [-0.2, 0) is 25.4 Å². The summed E-state index contributed by atoms with van der Waals surface area (Å²) >= 11 is 0. The zero-order valence-electron chi connectivity index (χ0n) is 18.3. The zero-order chi connectivity index (χ0) is 21.3. The Balaban J connectivity index is 0.00000105. The number of nitrogens with zero attached hydrogens (tertiary/aromatic N) is 1. The second-order valence-electron chi connectivity index (χ2n) is 8.10. The molecule has 28 heavy (non-hydrogen) atoms. The van der Waals surface area contributed by atoms with Gasteiger partial charge in [-0.1, -0.05) is 71.1 Å². The molecule has 0 amide bonds. The number of rotatable bonds is 14. The third kappa shape index (κ3) is 18.0. The van der Waals surface area contributed by atoms with E-state index in [1.807, 2.05) is 0 Å². The molecular weight excluding hydrogens is 398 g/mol. The Labute approximate surface area is 176 Å². The number of quaternary nitrogens is 1. The van der Waals surface area contributed by atoms with Crippen LogP contribution in [-0.4, -0.2) is 67.0 Å². The van der Waals surface area contributed by atoms with Gasteiger partial charge >= 0.3 is 0 Å². The van der Waals surface area contributed by atoms with Crippen molar-refractivity contribution in [3.8, 4) is 0 Å². The summed E-state index contributed by atoms with van der Waals surface area (Å²) in [5.41, 5.74) is 0. The molecule has 1 heterocycles. The van der Waals surface area contributed by atoms with Crippen molar-refractivity contribution in [1.29, 1.82) is 0 Å². The van der Waals surface area contributed by atoms with E-state index in [0.717, 1.165) is 31.7 Å². The van der Waals surface area contributed by atoms with Crippen LogP contribution in [0.3, 0.4) is 0 Å². The van der Waals surface area contributed by atoms with Gasteiger partial charge in [0.05, 0.1) is 45.3 Å². The van der Waals surface area contributed by atoms with Crippen molar-refractivity contribution in [1.82, 2.24) is 0 Å². The first-order chi connectivity index (χ1) is 13.2. The Morgan fingerprint density at radius 3 is 1.57 bits per heavy atom. The lowest BCUT2D eigenvalue weighted by molar-refractivity contribution is -0.906. The molecule has 8 heteroatoms. The molecule has 0 aromatic carbocycles. The van der Waals surface area contributed by atoms with Gasteiger partial charge in [0.25, 0.3) is 0 Å². The van der Waals surface area contributed by atoms with Gasteiger partial charge in [0.1, 0.15) is 0 Å². The fraction of sp³-hybridized carbons (Fsp3) is 1.00. The fourth-order valence-electron chi connectivity index (χ4n) is 3.42. The lowest BCUT2D eigenvalue weighted by atomic mass is 10.1. The van der Waals surface area contributed by atoms with Crippen LogP contribution in [0.4, 0.5) is 0 Å². The summed E-state index contributed by atoms with van der Waals surface area (Å²) in [6, 6.07) is 0. The molecule has 1 saturated heterocycles. The monoisotopic (exact) mass is 441 g/mol. The second-order valence-corrected chi connectivity index (χ2v) is 10.9. The van der Waals surface area contributed by atoms with E-state index in [4.69, 9.17) is 0 Å². The molecule has 0 bridgehead atoms. The first-order valence-electron chi connectivity index (χ1n) is 10.9. The normalized spacial score (nSPS) is 22.5. The molecule has 1 aliphatic heterocycles. The minimum absolute atomic E-state index is 0.519.